The average molecular weight is 508 g/mol. The number of halogens is 2. The fourth-order valence-corrected chi connectivity index (χ4v) is 5.35. The minimum Gasteiger partial charge on any atom is -0.492 e. The van der Waals surface area contributed by atoms with Crippen molar-refractivity contribution in [3.8, 4) is 5.75 Å². The summed E-state index contributed by atoms with van der Waals surface area (Å²) >= 11 is 0. The fourth-order valence-electron chi connectivity index (χ4n) is 5.35. The molecule has 1 heterocycles. The summed E-state index contributed by atoms with van der Waals surface area (Å²) in [7, 11) is 0. The molecule has 1 saturated carbocycles. The van der Waals surface area contributed by atoms with Crippen LogP contribution >= 0.6 is 24.8 Å². The quantitative estimate of drug-likeness (QED) is 0.395. The molecule has 2 fully saturated rings. The standard InChI is InChI=1S/C28H38N2O2.2ClH/c1-2-32-27-16-10-9-15-26(27)30-21-19-29(20-22-30)18-17-25(23-11-5-3-6-12-23)28(31)24-13-7-4-8-14-24;;/h3,5-6,9-12,15-16,24-25H,2,4,7-8,13-14,17-22H2,1H3;2*1H. The van der Waals surface area contributed by atoms with E-state index in [0.29, 0.717) is 12.4 Å². The van der Waals surface area contributed by atoms with Gasteiger partial charge in [0, 0.05) is 38.0 Å². The Morgan fingerprint density at radius 1 is 0.912 bits per heavy atom. The first-order chi connectivity index (χ1) is 15.8. The van der Waals surface area contributed by atoms with E-state index in [-0.39, 0.29) is 36.6 Å². The molecule has 0 aromatic heterocycles. The van der Waals surface area contributed by atoms with Crippen LogP contribution in [0, 0.1) is 5.92 Å². The number of benzene rings is 2. The van der Waals surface area contributed by atoms with Gasteiger partial charge in [-0.3, -0.25) is 9.69 Å². The molecular weight excluding hydrogens is 467 g/mol. The van der Waals surface area contributed by atoms with Crippen molar-refractivity contribution in [3.05, 3.63) is 60.2 Å². The maximum Gasteiger partial charge on any atom is 0.143 e. The molecule has 1 aliphatic heterocycles. The molecule has 0 bridgehead atoms. The lowest BCUT2D eigenvalue weighted by atomic mass is 9.78. The Bertz CT molecular complexity index is 850. The zero-order chi connectivity index (χ0) is 22.2. The molecule has 34 heavy (non-hydrogen) atoms. The van der Waals surface area contributed by atoms with Crippen molar-refractivity contribution in [2.24, 2.45) is 5.92 Å². The van der Waals surface area contributed by atoms with Crippen LogP contribution in [0.5, 0.6) is 5.75 Å². The minimum atomic E-state index is 0. The highest BCUT2D eigenvalue weighted by Crippen LogP contribution is 2.33. The highest BCUT2D eigenvalue weighted by molar-refractivity contribution is 5.88. The van der Waals surface area contributed by atoms with E-state index >= 15 is 0 Å². The molecule has 1 unspecified atom stereocenters. The van der Waals surface area contributed by atoms with E-state index in [4.69, 9.17) is 4.74 Å². The van der Waals surface area contributed by atoms with Crippen LogP contribution in [-0.2, 0) is 4.79 Å². The molecule has 4 rings (SSSR count). The second-order valence-corrected chi connectivity index (χ2v) is 9.22. The SMILES string of the molecule is CCOc1ccccc1N1CCN(CCC(C(=O)C2CCCCC2)c2ccccc2)CC1.Cl.Cl. The zero-order valence-electron chi connectivity index (χ0n) is 20.4. The van der Waals surface area contributed by atoms with Gasteiger partial charge in [0.1, 0.15) is 11.5 Å². The predicted molar refractivity (Wildman–Crippen MR) is 146 cm³/mol. The van der Waals surface area contributed by atoms with Crippen LogP contribution in [0.25, 0.3) is 0 Å². The minimum absolute atomic E-state index is 0. The lowest BCUT2D eigenvalue weighted by Gasteiger charge is -2.37. The lowest BCUT2D eigenvalue weighted by Crippen LogP contribution is -2.47. The number of carbonyl (C=O) groups excluding carboxylic acids is 1. The number of anilines is 1. The number of hydrogen-bond donors (Lipinski definition) is 0. The topological polar surface area (TPSA) is 32.8 Å². The summed E-state index contributed by atoms with van der Waals surface area (Å²) in [5.41, 5.74) is 2.40. The van der Waals surface area contributed by atoms with Gasteiger partial charge in [0.2, 0.25) is 0 Å². The van der Waals surface area contributed by atoms with Crippen LogP contribution in [-0.4, -0.2) is 50.0 Å². The van der Waals surface area contributed by atoms with E-state index < -0.39 is 0 Å². The first-order valence-corrected chi connectivity index (χ1v) is 12.5. The lowest BCUT2D eigenvalue weighted by molar-refractivity contribution is -0.125. The van der Waals surface area contributed by atoms with Crippen molar-refractivity contribution in [1.29, 1.82) is 0 Å². The van der Waals surface area contributed by atoms with Gasteiger partial charge in [-0.2, -0.15) is 0 Å². The van der Waals surface area contributed by atoms with Crippen LogP contribution in [0.15, 0.2) is 54.6 Å². The second-order valence-electron chi connectivity index (χ2n) is 9.22. The molecule has 1 saturated heterocycles. The number of ketones is 1. The van der Waals surface area contributed by atoms with Gasteiger partial charge in [-0.25, -0.2) is 0 Å². The van der Waals surface area contributed by atoms with Crippen molar-refractivity contribution in [2.75, 3.05) is 44.2 Å². The van der Waals surface area contributed by atoms with Crippen LogP contribution in [0.3, 0.4) is 0 Å². The molecule has 2 aliphatic rings. The summed E-state index contributed by atoms with van der Waals surface area (Å²) in [4.78, 5) is 18.4. The molecule has 6 heteroatoms. The number of rotatable bonds is 9. The van der Waals surface area contributed by atoms with E-state index in [0.717, 1.165) is 57.7 Å². The van der Waals surface area contributed by atoms with Gasteiger partial charge in [0.25, 0.3) is 0 Å². The van der Waals surface area contributed by atoms with Crippen molar-refractivity contribution >= 4 is 36.3 Å². The van der Waals surface area contributed by atoms with E-state index in [1.54, 1.807) is 0 Å². The largest absolute Gasteiger partial charge is 0.492 e. The maximum atomic E-state index is 13.5. The van der Waals surface area contributed by atoms with Crippen LogP contribution < -0.4 is 9.64 Å². The number of para-hydroxylation sites is 2. The van der Waals surface area contributed by atoms with Gasteiger partial charge in [0.05, 0.1) is 12.3 Å². The van der Waals surface area contributed by atoms with Gasteiger partial charge in [-0.15, -0.1) is 24.8 Å². The Kier molecular flexibility index (Phi) is 12.2. The van der Waals surface area contributed by atoms with Crippen molar-refractivity contribution in [1.82, 2.24) is 4.90 Å². The Morgan fingerprint density at radius 2 is 1.56 bits per heavy atom. The predicted octanol–water partition coefficient (Wildman–Crippen LogP) is 6.37. The van der Waals surface area contributed by atoms with Crippen molar-refractivity contribution in [2.45, 2.75) is 51.4 Å². The molecule has 188 valence electrons. The first kappa shape index (κ1) is 28.5. The molecule has 4 nitrogen and oxygen atoms in total. The van der Waals surface area contributed by atoms with Crippen molar-refractivity contribution < 1.29 is 9.53 Å². The molecule has 1 atom stereocenters. The summed E-state index contributed by atoms with van der Waals surface area (Å²) < 4.78 is 5.84. The second kappa shape index (κ2) is 14.6. The average Bonchev–Trinajstić information content (AvgIpc) is 2.86. The Labute approximate surface area is 217 Å². The van der Waals surface area contributed by atoms with E-state index in [9.17, 15) is 4.79 Å². The van der Waals surface area contributed by atoms with E-state index in [2.05, 4.69) is 52.3 Å². The number of Topliss-reactive ketones (excluding diaryl/α,β-unsaturated/α-hetero) is 1. The fraction of sp³-hybridized carbons (Fsp3) is 0.536. The van der Waals surface area contributed by atoms with Gasteiger partial charge in [0.15, 0.2) is 0 Å². The monoisotopic (exact) mass is 506 g/mol. The molecule has 0 amide bonds. The normalized spacial score (nSPS) is 17.9. The molecule has 2 aromatic carbocycles. The summed E-state index contributed by atoms with van der Waals surface area (Å²) in [6, 6.07) is 18.8. The highest BCUT2D eigenvalue weighted by Gasteiger charge is 2.30. The summed E-state index contributed by atoms with van der Waals surface area (Å²) in [5, 5.41) is 0. The summed E-state index contributed by atoms with van der Waals surface area (Å²) in [6.45, 7) is 7.75. The summed E-state index contributed by atoms with van der Waals surface area (Å²) in [6.07, 6.45) is 6.80. The summed E-state index contributed by atoms with van der Waals surface area (Å²) in [5.74, 6) is 1.77. The molecule has 0 radical (unpaired) electrons. The van der Waals surface area contributed by atoms with Crippen molar-refractivity contribution in [3.63, 3.8) is 0 Å². The molecular formula is C28H40Cl2N2O2. The smallest absolute Gasteiger partial charge is 0.143 e. The Balaban J connectivity index is 0.00000204. The van der Waals surface area contributed by atoms with Gasteiger partial charge in [-0.05, 0) is 50.4 Å². The highest BCUT2D eigenvalue weighted by atomic mass is 35.5. The third-order valence-corrected chi connectivity index (χ3v) is 7.17. The van der Waals surface area contributed by atoms with Crippen LogP contribution in [0.1, 0.15) is 56.9 Å². The molecule has 0 spiro atoms. The van der Waals surface area contributed by atoms with Crippen LogP contribution in [0.2, 0.25) is 0 Å². The van der Waals surface area contributed by atoms with Gasteiger partial charge in [-0.1, -0.05) is 61.7 Å². The zero-order valence-corrected chi connectivity index (χ0v) is 22.0. The van der Waals surface area contributed by atoms with E-state index in [1.807, 2.05) is 19.1 Å². The molecule has 1 aliphatic carbocycles. The van der Waals surface area contributed by atoms with Gasteiger partial charge < -0.3 is 9.64 Å². The van der Waals surface area contributed by atoms with E-state index in [1.165, 1.54) is 30.5 Å². The first-order valence-electron chi connectivity index (χ1n) is 12.5. The van der Waals surface area contributed by atoms with Crippen LogP contribution in [0.4, 0.5) is 5.69 Å². The number of ether oxygens (including phenoxy) is 1. The van der Waals surface area contributed by atoms with Gasteiger partial charge >= 0.3 is 0 Å². The number of nitrogens with zero attached hydrogens (tertiary/aromatic N) is 2. The third-order valence-electron chi connectivity index (χ3n) is 7.17. The molecule has 2 aromatic rings. The molecule has 0 N–H and O–H groups in total. The number of piperazine rings is 1. The Morgan fingerprint density at radius 3 is 2.24 bits per heavy atom. The number of hydrogen-bond acceptors (Lipinski definition) is 4. The number of carbonyl (C=O) groups is 1. The third kappa shape index (κ3) is 7.37. The maximum absolute atomic E-state index is 13.5. The Hall–Kier alpha value is -1.75.